The highest BCUT2D eigenvalue weighted by Gasteiger charge is 2.25. The molecule has 0 atom stereocenters. The molecule has 1 aromatic rings. The maximum Gasteiger partial charge on any atom is 0.339 e. The van der Waals surface area contributed by atoms with Gasteiger partial charge in [0.1, 0.15) is 0 Å². The van der Waals surface area contributed by atoms with E-state index in [0.717, 1.165) is 62.5 Å². The standard InChI is InChI=1S/C22H34O4/c1-5-7-9-11-13-17-15-16-18(14-12-10-8-6-2)20(22(24)26-4)19(17)21(23)25-3/h15-16H,5-14H2,1-4H3. The van der Waals surface area contributed by atoms with E-state index in [4.69, 9.17) is 9.47 Å². The summed E-state index contributed by atoms with van der Waals surface area (Å²) in [5.74, 6) is -0.905. The molecule has 0 aromatic heterocycles. The van der Waals surface area contributed by atoms with Crippen LogP contribution in [-0.2, 0) is 22.3 Å². The van der Waals surface area contributed by atoms with Gasteiger partial charge in [0.25, 0.3) is 0 Å². The topological polar surface area (TPSA) is 52.6 Å². The molecule has 0 amide bonds. The van der Waals surface area contributed by atoms with Crippen LogP contribution in [0.4, 0.5) is 0 Å². The number of carbonyl (C=O) groups is 2. The molecule has 0 fully saturated rings. The zero-order valence-corrected chi connectivity index (χ0v) is 16.9. The van der Waals surface area contributed by atoms with Gasteiger partial charge in [-0.05, 0) is 36.8 Å². The summed E-state index contributed by atoms with van der Waals surface area (Å²) in [4.78, 5) is 24.9. The van der Waals surface area contributed by atoms with Crippen LogP contribution in [0.2, 0.25) is 0 Å². The van der Waals surface area contributed by atoms with E-state index in [1.807, 2.05) is 12.1 Å². The molecule has 0 aliphatic heterocycles. The monoisotopic (exact) mass is 362 g/mol. The van der Waals surface area contributed by atoms with Crippen LogP contribution in [0, 0.1) is 0 Å². The molecule has 0 N–H and O–H groups in total. The summed E-state index contributed by atoms with van der Waals surface area (Å²) in [6.07, 6.45) is 10.4. The van der Waals surface area contributed by atoms with Crippen molar-refractivity contribution in [2.45, 2.75) is 78.1 Å². The number of benzene rings is 1. The van der Waals surface area contributed by atoms with Crippen LogP contribution in [0.5, 0.6) is 0 Å². The average Bonchev–Trinajstić information content (AvgIpc) is 2.67. The highest BCUT2D eigenvalue weighted by molar-refractivity contribution is 6.05. The quantitative estimate of drug-likeness (QED) is 0.364. The summed E-state index contributed by atoms with van der Waals surface area (Å²) in [5.41, 5.74) is 2.55. The summed E-state index contributed by atoms with van der Waals surface area (Å²) >= 11 is 0. The van der Waals surface area contributed by atoms with Crippen molar-refractivity contribution in [1.29, 1.82) is 0 Å². The zero-order chi connectivity index (χ0) is 19.4. The molecule has 4 heteroatoms. The molecular weight excluding hydrogens is 328 g/mol. The van der Waals surface area contributed by atoms with Gasteiger partial charge in [0, 0.05) is 0 Å². The van der Waals surface area contributed by atoms with Crippen molar-refractivity contribution < 1.29 is 19.1 Å². The van der Waals surface area contributed by atoms with Gasteiger partial charge in [0.05, 0.1) is 25.3 Å². The van der Waals surface area contributed by atoms with Crippen molar-refractivity contribution in [3.63, 3.8) is 0 Å². The zero-order valence-electron chi connectivity index (χ0n) is 16.9. The third-order valence-electron chi connectivity index (χ3n) is 4.76. The van der Waals surface area contributed by atoms with E-state index in [2.05, 4.69) is 13.8 Å². The molecule has 0 radical (unpaired) electrons. The van der Waals surface area contributed by atoms with Gasteiger partial charge in [0.2, 0.25) is 0 Å². The molecule has 0 aliphatic carbocycles. The number of carbonyl (C=O) groups excluding carboxylic acids is 2. The number of ether oxygens (including phenoxy) is 2. The molecule has 0 spiro atoms. The Labute approximate surface area is 158 Å². The van der Waals surface area contributed by atoms with E-state index in [1.165, 1.54) is 27.1 Å². The number of hydrogen-bond acceptors (Lipinski definition) is 4. The molecular formula is C22H34O4. The van der Waals surface area contributed by atoms with Crippen LogP contribution >= 0.6 is 0 Å². The van der Waals surface area contributed by atoms with Crippen molar-refractivity contribution in [3.8, 4) is 0 Å². The molecule has 0 saturated carbocycles. The number of hydrogen-bond donors (Lipinski definition) is 0. The smallest absolute Gasteiger partial charge is 0.339 e. The summed E-state index contributed by atoms with van der Waals surface area (Å²) in [5, 5.41) is 0. The predicted molar refractivity (Wildman–Crippen MR) is 105 cm³/mol. The fraction of sp³-hybridized carbons (Fsp3) is 0.636. The molecule has 4 nitrogen and oxygen atoms in total. The lowest BCUT2D eigenvalue weighted by Gasteiger charge is -2.16. The third kappa shape index (κ3) is 6.47. The number of aryl methyl sites for hydroxylation is 2. The summed E-state index contributed by atoms with van der Waals surface area (Å²) < 4.78 is 9.98. The third-order valence-corrected chi connectivity index (χ3v) is 4.76. The van der Waals surface area contributed by atoms with Crippen LogP contribution in [0.25, 0.3) is 0 Å². The number of esters is 2. The molecule has 0 aliphatic rings. The van der Waals surface area contributed by atoms with Gasteiger partial charge < -0.3 is 9.47 Å². The van der Waals surface area contributed by atoms with E-state index < -0.39 is 11.9 Å². The second kappa shape index (κ2) is 12.5. The first kappa shape index (κ1) is 22.2. The largest absolute Gasteiger partial charge is 0.465 e. The van der Waals surface area contributed by atoms with Gasteiger partial charge in [-0.2, -0.15) is 0 Å². The Balaban J connectivity index is 3.18. The highest BCUT2D eigenvalue weighted by atomic mass is 16.5. The van der Waals surface area contributed by atoms with Gasteiger partial charge in [-0.15, -0.1) is 0 Å². The molecule has 0 heterocycles. The second-order valence-corrected chi connectivity index (χ2v) is 6.74. The molecule has 0 unspecified atom stereocenters. The minimum atomic E-state index is -0.453. The lowest BCUT2D eigenvalue weighted by Crippen LogP contribution is -2.17. The minimum Gasteiger partial charge on any atom is -0.465 e. The van der Waals surface area contributed by atoms with Crippen molar-refractivity contribution in [3.05, 3.63) is 34.4 Å². The SMILES string of the molecule is CCCCCCc1ccc(CCCCCC)c(C(=O)OC)c1C(=O)OC. The first-order chi connectivity index (χ1) is 12.6. The summed E-state index contributed by atoms with van der Waals surface area (Å²) in [6.45, 7) is 4.34. The normalized spacial score (nSPS) is 10.6. The van der Waals surface area contributed by atoms with Crippen molar-refractivity contribution in [1.82, 2.24) is 0 Å². The van der Waals surface area contributed by atoms with Crippen molar-refractivity contribution in [2.24, 2.45) is 0 Å². The summed E-state index contributed by atoms with van der Waals surface area (Å²) in [6, 6.07) is 3.97. The van der Waals surface area contributed by atoms with Crippen LogP contribution in [0.3, 0.4) is 0 Å². The maximum absolute atomic E-state index is 12.5. The highest BCUT2D eigenvalue weighted by Crippen LogP contribution is 2.25. The van der Waals surface area contributed by atoms with Gasteiger partial charge in [-0.3, -0.25) is 0 Å². The van der Waals surface area contributed by atoms with Gasteiger partial charge in [-0.25, -0.2) is 9.59 Å². The van der Waals surface area contributed by atoms with E-state index in [0.29, 0.717) is 11.1 Å². The molecule has 0 bridgehead atoms. The minimum absolute atomic E-state index is 0.392. The Hall–Kier alpha value is -1.84. The predicted octanol–water partition coefficient (Wildman–Crippen LogP) is 5.51. The van der Waals surface area contributed by atoms with Gasteiger partial charge in [-0.1, -0.05) is 64.5 Å². The van der Waals surface area contributed by atoms with E-state index >= 15 is 0 Å². The number of rotatable bonds is 12. The fourth-order valence-electron chi connectivity index (χ4n) is 3.26. The molecule has 1 rings (SSSR count). The Kier molecular flexibility index (Phi) is 10.7. The van der Waals surface area contributed by atoms with Crippen molar-refractivity contribution >= 4 is 11.9 Å². The van der Waals surface area contributed by atoms with Gasteiger partial charge in [0.15, 0.2) is 0 Å². The van der Waals surface area contributed by atoms with E-state index in [1.54, 1.807) is 0 Å². The second-order valence-electron chi connectivity index (χ2n) is 6.74. The van der Waals surface area contributed by atoms with Crippen LogP contribution in [0.1, 0.15) is 97.1 Å². The number of methoxy groups -OCH3 is 2. The molecule has 146 valence electrons. The molecule has 1 aromatic carbocycles. The lowest BCUT2D eigenvalue weighted by atomic mass is 9.90. The average molecular weight is 363 g/mol. The first-order valence-electron chi connectivity index (χ1n) is 9.91. The number of unbranched alkanes of at least 4 members (excludes halogenated alkanes) is 6. The van der Waals surface area contributed by atoms with Crippen molar-refractivity contribution in [2.75, 3.05) is 14.2 Å². The first-order valence-corrected chi connectivity index (χ1v) is 9.91. The lowest BCUT2D eigenvalue weighted by molar-refractivity contribution is 0.0553. The fourth-order valence-corrected chi connectivity index (χ4v) is 3.26. The van der Waals surface area contributed by atoms with Crippen LogP contribution in [-0.4, -0.2) is 26.2 Å². The molecule has 26 heavy (non-hydrogen) atoms. The summed E-state index contributed by atoms with van der Waals surface area (Å²) in [7, 11) is 2.72. The molecule has 0 saturated heterocycles. The van der Waals surface area contributed by atoms with E-state index in [9.17, 15) is 9.59 Å². The Morgan fingerprint density at radius 3 is 1.38 bits per heavy atom. The Morgan fingerprint density at radius 1 is 0.692 bits per heavy atom. The van der Waals surface area contributed by atoms with Crippen LogP contribution < -0.4 is 0 Å². The Bertz CT molecular complexity index is 527. The van der Waals surface area contributed by atoms with E-state index in [-0.39, 0.29) is 0 Å². The van der Waals surface area contributed by atoms with Gasteiger partial charge >= 0.3 is 11.9 Å². The Morgan fingerprint density at radius 2 is 1.08 bits per heavy atom. The maximum atomic E-state index is 12.5. The van der Waals surface area contributed by atoms with Crippen LogP contribution in [0.15, 0.2) is 12.1 Å².